The summed E-state index contributed by atoms with van der Waals surface area (Å²) in [6, 6.07) is 3.00. The summed E-state index contributed by atoms with van der Waals surface area (Å²) < 4.78 is 52.3. The van der Waals surface area contributed by atoms with E-state index >= 15 is 0 Å². The van der Waals surface area contributed by atoms with Gasteiger partial charge in [-0.25, -0.2) is 4.39 Å². The molecule has 0 bridgehead atoms. The molecule has 1 unspecified atom stereocenters. The van der Waals surface area contributed by atoms with Crippen LogP contribution in [-0.4, -0.2) is 37.1 Å². The summed E-state index contributed by atoms with van der Waals surface area (Å²) in [7, 11) is 0. The van der Waals surface area contributed by atoms with E-state index < -0.39 is 17.6 Å². The third-order valence-electron chi connectivity index (χ3n) is 4.45. The topological polar surface area (TPSA) is 6.48 Å². The molecule has 1 atom stereocenters. The molecule has 6 heteroatoms. The monoisotopic (exact) mass is 302 g/mol. The predicted octanol–water partition coefficient (Wildman–Crippen LogP) is 3.52. The minimum absolute atomic E-state index is 0.0787. The largest absolute Gasteiger partial charge is 0.416 e. The van der Waals surface area contributed by atoms with Crippen molar-refractivity contribution in [1.82, 2.24) is 4.90 Å². The lowest BCUT2D eigenvalue weighted by molar-refractivity contribution is -0.137. The number of halogens is 4. The zero-order valence-corrected chi connectivity index (χ0v) is 11.7. The molecule has 2 aliphatic heterocycles. The number of benzene rings is 1. The van der Waals surface area contributed by atoms with E-state index in [9.17, 15) is 17.6 Å². The van der Waals surface area contributed by atoms with Gasteiger partial charge in [0.2, 0.25) is 0 Å². The van der Waals surface area contributed by atoms with E-state index in [1.165, 1.54) is 6.42 Å². The van der Waals surface area contributed by atoms with E-state index in [4.69, 9.17) is 0 Å². The van der Waals surface area contributed by atoms with Gasteiger partial charge in [-0.1, -0.05) is 6.42 Å². The normalized spacial score (nSPS) is 24.0. The first kappa shape index (κ1) is 14.6. The fourth-order valence-corrected chi connectivity index (χ4v) is 3.31. The maximum atomic E-state index is 13.9. The summed E-state index contributed by atoms with van der Waals surface area (Å²) in [5.74, 6) is -0.577. The van der Waals surface area contributed by atoms with E-state index in [1.54, 1.807) is 4.90 Å². The van der Waals surface area contributed by atoms with Crippen LogP contribution in [-0.2, 0) is 6.18 Å². The number of fused-ring (bicyclic) bond motifs is 1. The Balaban J connectivity index is 1.83. The second kappa shape index (κ2) is 5.48. The van der Waals surface area contributed by atoms with Crippen molar-refractivity contribution in [3.63, 3.8) is 0 Å². The van der Waals surface area contributed by atoms with Crippen LogP contribution in [0.1, 0.15) is 24.8 Å². The highest BCUT2D eigenvalue weighted by molar-refractivity contribution is 5.51. The van der Waals surface area contributed by atoms with E-state index in [-0.39, 0.29) is 5.69 Å². The molecule has 2 fully saturated rings. The maximum Gasteiger partial charge on any atom is 0.416 e. The predicted molar refractivity (Wildman–Crippen MR) is 72.8 cm³/mol. The Morgan fingerprint density at radius 1 is 1.05 bits per heavy atom. The fourth-order valence-electron chi connectivity index (χ4n) is 3.31. The summed E-state index contributed by atoms with van der Waals surface area (Å²) >= 11 is 0. The number of hydrogen-bond donors (Lipinski definition) is 0. The van der Waals surface area contributed by atoms with Gasteiger partial charge in [-0.05, 0) is 37.6 Å². The van der Waals surface area contributed by atoms with Gasteiger partial charge in [0.05, 0.1) is 11.3 Å². The van der Waals surface area contributed by atoms with Gasteiger partial charge in [0.25, 0.3) is 0 Å². The first-order valence-corrected chi connectivity index (χ1v) is 7.31. The van der Waals surface area contributed by atoms with Crippen LogP contribution in [0.4, 0.5) is 23.2 Å². The summed E-state index contributed by atoms with van der Waals surface area (Å²) in [6.07, 6.45) is -1.08. The van der Waals surface area contributed by atoms with Crippen LogP contribution < -0.4 is 4.90 Å². The Morgan fingerprint density at radius 2 is 1.86 bits per heavy atom. The molecule has 0 radical (unpaired) electrons. The second-order valence-corrected chi connectivity index (χ2v) is 5.80. The van der Waals surface area contributed by atoms with Crippen LogP contribution >= 0.6 is 0 Å². The number of hydrogen-bond acceptors (Lipinski definition) is 2. The molecular formula is C15H18F4N2. The van der Waals surface area contributed by atoms with E-state index in [0.717, 1.165) is 44.1 Å². The number of alkyl halides is 3. The van der Waals surface area contributed by atoms with Gasteiger partial charge in [-0.15, -0.1) is 0 Å². The minimum atomic E-state index is -4.44. The standard InChI is InChI=1S/C15H18F4N2/c16-13-5-4-11(15(17,18)19)9-14(13)21-8-7-20-6-2-1-3-12(20)10-21/h4-5,9,12H,1-3,6-8,10H2. The molecule has 2 heterocycles. The lowest BCUT2D eigenvalue weighted by Gasteiger charge is -2.45. The van der Waals surface area contributed by atoms with Gasteiger partial charge >= 0.3 is 6.18 Å². The second-order valence-electron chi connectivity index (χ2n) is 5.80. The van der Waals surface area contributed by atoms with Crippen LogP contribution in [0.5, 0.6) is 0 Å². The van der Waals surface area contributed by atoms with Gasteiger partial charge in [-0.2, -0.15) is 13.2 Å². The Morgan fingerprint density at radius 3 is 2.62 bits per heavy atom. The molecule has 0 N–H and O–H groups in total. The maximum absolute atomic E-state index is 13.9. The number of rotatable bonds is 1. The van der Waals surface area contributed by atoms with Crippen molar-refractivity contribution in [3.8, 4) is 0 Å². The highest BCUT2D eigenvalue weighted by Gasteiger charge is 2.34. The van der Waals surface area contributed by atoms with Crippen LogP contribution in [0, 0.1) is 5.82 Å². The Kier molecular flexibility index (Phi) is 3.82. The highest BCUT2D eigenvalue weighted by atomic mass is 19.4. The lowest BCUT2D eigenvalue weighted by Crippen LogP contribution is -2.55. The van der Waals surface area contributed by atoms with Gasteiger partial charge < -0.3 is 4.90 Å². The van der Waals surface area contributed by atoms with Crippen LogP contribution in [0.3, 0.4) is 0 Å². The average molecular weight is 302 g/mol. The SMILES string of the molecule is Fc1ccc(C(F)(F)F)cc1N1CCN2CCCCC2C1. The first-order chi connectivity index (χ1) is 9.95. The van der Waals surface area contributed by atoms with Gasteiger partial charge in [0.1, 0.15) is 5.82 Å². The number of piperidine rings is 1. The lowest BCUT2D eigenvalue weighted by atomic mass is 9.99. The first-order valence-electron chi connectivity index (χ1n) is 7.31. The smallest absolute Gasteiger partial charge is 0.366 e. The van der Waals surface area contributed by atoms with E-state index in [1.807, 2.05) is 0 Å². The van der Waals surface area contributed by atoms with E-state index in [0.29, 0.717) is 19.1 Å². The molecule has 1 aromatic rings. The molecule has 2 aliphatic rings. The molecular weight excluding hydrogens is 284 g/mol. The Bertz CT molecular complexity index is 515. The summed E-state index contributed by atoms with van der Waals surface area (Å²) in [5.41, 5.74) is -0.708. The number of nitrogens with zero attached hydrogens (tertiary/aromatic N) is 2. The molecule has 116 valence electrons. The quantitative estimate of drug-likeness (QED) is 0.732. The number of piperazine rings is 1. The molecule has 2 saturated heterocycles. The third-order valence-corrected chi connectivity index (χ3v) is 4.45. The Hall–Kier alpha value is -1.30. The minimum Gasteiger partial charge on any atom is -0.366 e. The van der Waals surface area contributed by atoms with Crippen molar-refractivity contribution >= 4 is 5.69 Å². The molecule has 21 heavy (non-hydrogen) atoms. The third kappa shape index (κ3) is 3.00. The molecule has 0 spiro atoms. The van der Waals surface area contributed by atoms with Crippen molar-refractivity contribution in [1.29, 1.82) is 0 Å². The summed E-state index contributed by atoms with van der Waals surface area (Å²) in [6.45, 7) is 3.02. The molecule has 0 aliphatic carbocycles. The van der Waals surface area contributed by atoms with Gasteiger partial charge in [0.15, 0.2) is 0 Å². The summed E-state index contributed by atoms with van der Waals surface area (Å²) in [5, 5.41) is 0. The van der Waals surface area contributed by atoms with Gasteiger partial charge in [0, 0.05) is 25.7 Å². The van der Waals surface area contributed by atoms with Crippen molar-refractivity contribution in [2.24, 2.45) is 0 Å². The van der Waals surface area contributed by atoms with Crippen LogP contribution in [0.15, 0.2) is 18.2 Å². The highest BCUT2D eigenvalue weighted by Crippen LogP contribution is 2.34. The molecule has 1 aromatic carbocycles. The van der Waals surface area contributed by atoms with Crippen LogP contribution in [0.2, 0.25) is 0 Å². The zero-order chi connectivity index (χ0) is 15.0. The molecule has 0 saturated carbocycles. The molecule has 0 aromatic heterocycles. The summed E-state index contributed by atoms with van der Waals surface area (Å²) in [4.78, 5) is 4.13. The van der Waals surface area contributed by atoms with Gasteiger partial charge in [-0.3, -0.25) is 4.90 Å². The van der Waals surface area contributed by atoms with Crippen molar-refractivity contribution < 1.29 is 17.6 Å². The van der Waals surface area contributed by atoms with Crippen molar-refractivity contribution in [2.75, 3.05) is 31.1 Å². The zero-order valence-electron chi connectivity index (χ0n) is 11.7. The molecule has 2 nitrogen and oxygen atoms in total. The Labute approximate surface area is 121 Å². The average Bonchev–Trinajstić information content (AvgIpc) is 2.46. The van der Waals surface area contributed by atoms with E-state index in [2.05, 4.69) is 4.90 Å². The fraction of sp³-hybridized carbons (Fsp3) is 0.600. The van der Waals surface area contributed by atoms with Crippen molar-refractivity contribution in [3.05, 3.63) is 29.6 Å². The van der Waals surface area contributed by atoms with Crippen molar-refractivity contribution in [2.45, 2.75) is 31.5 Å². The van der Waals surface area contributed by atoms with Crippen LogP contribution in [0.25, 0.3) is 0 Å². The number of anilines is 1. The molecule has 0 amide bonds. The molecule has 3 rings (SSSR count).